The molecular weight excluding hydrogens is 338 g/mol. The second-order valence-corrected chi connectivity index (χ2v) is 7.08. The smallest absolute Gasteiger partial charge is 0.305 e. The molecule has 0 radical (unpaired) electrons. The van der Waals surface area contributed by atoms with Crippen molar-refractivity contribution in [1.29, 1.82) is 0 Å². The van der Waals surface area contributed by atoms with Gasteiger partial charge in [0.2, 0.25) is 5.91 Å². The number of esters is 1. The molecule has 0 atom stereocenters. The van der Waals surface area contributed by atoms with Gasteiger partial charge >= 0.3 is 5.97 Å². The molecule has 0 aliphatic carbocycles. The van der Waals surface area contributed by atoms with E-state index >= 15 is 0 Å². The molecule has 0 bridgehead atoms. The molecule has 1 aromatic rings. The van der Waals surface area contributed by atoms with Crippen molar-refractivity contribution in [2.45, 2.75) is 84.5 Å². The summed E-state index contributed by atoms with van der Waals surface area (Å²) in [6.07, 6.45) is 10.3. The minimum atomic E-state index is -0.184. The van der Waals surface area contributed by atoms with Gasteiger partial charge in [0.15, 0.2) is 0 Å². The summed E-state index contributed by atoms with van der Waals surface area (Å²) in [5, 5.41) is 0. The molecule has 152 valence electrons. The molecule has 0 heterocycles. The number of carbonyl (C=O) groups excluding carboxylic acids is 2. The van der Waals surface area contributed by atoms with Gasteiger partial charge in [0.1, 0.15) is 0 Å². The van der Waals surface area contributed by atoms with E-state index in [2.05, 4.69) is 13.8 Å². The Balaban J connectivity index is 2.24. The van der Waals surface area contributed by atoms with Crippen LogP contribution in [0.25, 0.3) is 0 Å². The molecule has 0 N–H and O–H groups in total. The normalized spacial score (nSPS) is 10.6. The highest BCUT2D eigenvalue weighted by Gasteiger charge is 2.15. The van der Waals surface area contributed by atoms with Gasteiger partial charge in [0, 0.05) is 25.1 Å². The Morgan fingerprint density at radius 1 is 0.815 bits per heavy atom. The van der Waals surface area contributed by atoms with E-state index in [-0.39, 0.29) is 11.9 Å². The monoisotopic (exact) mass is 375 g/mol. The third kappa shape index (κ3) is 10.8. The molecule has 1 aromatic carbocycles. The second kappa shape index (κ2) is 15.2. The van der Waals surface area contributed by atoms with Crippen LogP contribution in [0.1, 0.15) is 84.5 Å². The zero-order valence-electron chi connectivity index (χ0n) is 17.3. The zero-order valence-corrected chi connectivity index (χ0v) is 17.3. The van der Waals surface area contributed by atoms with E-state index < -0.39 is 0 Å². The Kier molecular flexibility index (Phi) is 13.1. The van der Waals surface area contributed by atoms with Crippen molar-refractivity contribution in [1.82, 2.24) is 0 Å². The summed E-state index contributed by atoms with van der Waals surface area (Å²) in [5.74, 6) is -0.102. The molecule has 0 aromatic heterocycles. The van der Waals surface area contributed by atoms with Crippen LogP contribution in [0.3, 0.4) is 0 Å². The van der Waals surface area contributed by atoms with Crippen LogP contribution in [-0.4, -0.2) is 25.0 Å². The minimum Gasteiger partial charge on any atom is -0.466 e. The van der Waals surface area contributed by atoms with E-state index in [1.165, 1.54) is 25.7 Å². The average molecular weight is 376 g/mol. The minimum absolute atomic E-state index is 0.0818. The average Bonchev–Trinajstić information content (AvgIpc) is 2.68. The lowest BCUT2D eigenvalue weighted by Crippen LogP contribution is -2.31. The lowest BCUT2D eigenvalue weighted by Gasteiger charge is -2.22. The summed E-state index contributed by atoms with van der Waals surface area (Å²) >= 11 is 0. The molecule has 0 spiro atoms. The van der Waals surface area contributed by atoms with Gasteiger partial charge in [-0.15, -0.1) is 0 Å². The van der Waals surface area contributed by atoms with Crippen LogP contribution in [0.15, 0.2) is 30.3 Å². The molecule has 27 heavy (non-hydrogen) atoms. The van der Waals surface area contributed by atoms with Gasteiger partial charge in [0.25, 0.3) is 0 Å². The number of carbonyl (C=O) groups is 2. The molecule has 0 saturated heterocycles. The van der Waals surface area contributed by atoms with E-state index in [4.69, 9.17) is 4.74 Å². The summed E-state index contributed by atoms with van der Waals surface area (Å²) in [5.41, 5.74) is 0.932. The first-order valence-electron chi connectivity index (χ1n) is 10.7. The summed E-state index contributed by atoms with van der Waals surface area (Å²) in [6.45, 7) is 5.55. The molecule has 0 aliphatic heterocycles. The topological polar surface area (TPSA) is 46.6 Å². The first-order chi connectivity index (χ1) is 13.2. The van der Waals surface area contributed by atoms with Crippen LogP contribution in [0.2, 0.25) is 0 Å². The summed E-state index contributed by atoms with van der Waals surface area (Å²) in [7, 11) is 0. The number of rotatable bonds is 15. The van der Waals surface area contributed by atoms with Gasteiger partial charge in [-0.25, -0.2) is 0 Å². The van der Waals surface area contributed by atoms with E-state index in [1.807, 2.05) is 35.2 Å². The first-order valence-corrected chi connectivity index (χ1v) is 10.7. The highest BCUT2D eigenvalue weighted by molar-refractivity contribution is 5.93. The van der Waals surface area contributed by atoms with Crippen LogP contribution in [0.4, 0.5) is 5.69 Å². The number of para-hydroxylation sites is 1. The maximum absolute atomic E-state index is 12.6. The van der Waals surface area contributed by atoms with E-state index in [1.54, 1.807) is 0 Å². The first kappa shape index (κ1) is 23.2. The van der Waals surface area contributed by atoms with Crippen molar-refractivity contribution in [2.75, 3.05) is 18.1 Å². The highest BCUT2D eigenvalue weighted by atomic mass is 16.5. The van der Waals surface area contributed by atoms with Crippen molar-refractivity contribution >= 4 is 17.6 Å². The van der Waals surface area contributed by atoms with Crippen LogP contribution >= 0.6 is 0 Å². The van der Waals surface area contributed by atoms with Gasteiger partial charge < -0.3 is 9.64 Å². The van der Waals surface area contributed by atoms with Crippen molar-refractivity contribution in [3.05, 3.63) is 30.3 Å². The fourth-order valence-electron chi connectivity index (χ4n) is 2.98. The summed E-state index contributed by atoms with van der Waals surface area (Å²) in [4.78, 5) is 26.3. The van der Waals surface area contributed by atoms with Gasteiger partial charge in [-0.2, -0.15) is 0 Å². The van der Waals surface area contributed by atoms with Crippen LogP contribution in [0.5, 0.6) is 0 Å². The number of unbranched alkanes of at least 4 members (excludes halogenated alkanes) is 6. The van der Waals surface area contributed by atoms with Gasteiger partial charge in [-0.3, -0.25) is 9.59 Å². The molecule has 0 saturated carbocycles. The molecule has 4 heteroatoms. The van der Waals surface area contributed by atoms with Gasteiger partial charge in [-0.1, -0.05) is 70.6 Å². The predicted molar refractivity (Wildman–Crippen MR) is 112 cm³/mol. The van der Waals surface area contributed by atoms with Crippen molar-refractivity contribution in [3.63, 3.8) is 0 Å². The number of anilines is 1. The molecular formula is C23H37NO3. The van der Waals surface area contributed by atoms with Crippen molar-refractivity contribution < 1.29 is 14.3 Å². The molecule has 0 aliphatic rings. The van der Waals surface area contributed by atoms with Crippen LogP contribution in [-0.2, 0) is 14.3 Å². The third-order valence-corrected chi connectivity index (χ3v) is 4.64. The third-order valence-electron chi connectivity index (χ3n) is 4.64. The highest BCUT2D eigenvalue weighted by Crippen LogP contribution is 2.16. The van der Waals surface area contributed by atoms with E-state index in [0.29, 0.717) is 25.9 Å². The van der Waals surface area contributed by atoms with Crippen molar-refractivity contribution in [3.8, 4) is 0 Å². The number of nitrogens with zero attached hydrogens (tertiary/aromatic N) is 1. The Bertz CT molecular complexity index is 516. The quantitative estimate of drug-likeness (QED) is 0.283. The SMILES string of the molecule is CCCCCCCCOC(=O)CCCC(=O)N(CCCC)c1ccccc1. The number of hydrogen-bond acceptors (Lipinski definition) is 3. The van der Waals surface area contributed by atoms with Crippen LogP contribution in [0, 0.1) is 0 Å². The molecule has 0 fully saturated rings. The Morgan fingerprint density at radius 2 is 1.48 bits per heavy atom. The van der Waals surface area contributed by atoms with Gasteiger partial charge in [0.05, 0.1) is 6.61 Å². The lowest BCUT2D eigenvalue weighted by atomic mass is 10.1. The number of ether oxygens (including phenoxy) is 1. The lowest BCUT2D eigenvalue weighted by molar-refractivity contribution is -0.143. The fourth-order valence-corrected chi connectivity index (χ4v) is 2.98. The van der Waals surface area contributed by atoms with Crippen molar-refractivity contribution in [2.24, 2.45) is 0 Å². The maximum Gasteiger partial charge on any atom is 0.305 e. The molecule has 0 unspecified atom stereocenters. The summed E-state index contributed by atoms with van der Waals surface area (Å²) < 4.78 is 5.28. The Morgan fingerprint density at radius 3 is 2.19 bits per heavy atom. The van der Waals surface area contributed by atoms with E-state index in [9.17, 15) is 9.59 Å². The zero-order chi connectivity index (χ0) is 19.7. The second-order valence-electron chi connectivity index (χ2n) is 7.08. The predicted octanol–water partition coefficient (Wildman–Crippen LogP) is 5.89. The Labute approximate surface area is 165 Å². The fraction of sp³-hybridized carbons (Fsp3) is 0.652. The molecule has 1 rings (SSSR count). The maximum atomic E-state index is 12.6. The number of benzene rings is 1. The van der Waals surface area contributed by atoms with Crippen LogP contribution < -0.4 is 4.90 Å². The molecule has 4 nitrogen and oxygen atoms in total. The Hall–Kier alpha value is -1.84. The number of amides is 1. The number of hydrogen-bond donors (Lipinski definition) is 0. The van der Waals surface area contributed by atoms with Gasteiger partial charge in [-0.05, 0) is 31.4 Å². The largest absolute Gasteiger partial charge is 0.466 e. The van der Waals surface area contributed by atoms with E-state index in [0.717, 1.165) is 37.9 Å². The molecule has 1 amide bonds. The standard InChI is InChI=1S/C23H37NO3/c1-3-5-7-8-9-13-20-27-23(26)18-14-17-22(25)24(19-6-4-2)21-15-11-10-12-16-21/h10-12,15-16H,3-9,13-14,17-20H2,1-2H3. The summed E-state index contributed by atoms with van der Waals surface area (Å²) in [6, 6.07) is 9.76.